The first kappa shape index (κ1) is 31.0. The van der Waals surface area contributed by atoms with E-state index >= 15 is 0 Å². The predicted octanol–water partition coefficient (Wildman–Crippen LogP) is 5.47. The van der Waals surface area contributed by atoms with Crippen LogP contribution >= 0.6 is 0 Å². The Kier molecular flexibility index (Phi) is 7.85. The average Bonchev–Trinajstić information content (AvgIpc) is 2.57. The summed E-state index contributed by atoms with van der Waals surface area (Å²) in [5.74, 6) is -57.4. The van der Waals surface area contributed by atoms with Crippen molar-refractivity contribution in [3.63, 3.8) is 0 Å². The highest BCUT2D eigenvalue weighted by Crippen LogP contribution is 2.63. The summed E-state index contributed by atoms with van der Waals surface area (Å²) in [5, 5.41) is 10.2. The Labute approximate surface area is 171 Å². The van der Waals surface area contributed by atoms with Gasteiger partial charge in [0.2, 0.25) is 0 Å². The average molecular weight is 531 g/mol. The molecule has 0 aliphatic carbocycles. The van der Waals surface area contributed by atoms with Crippen molar-refractivity contribution in [2.45, 2.75) is 67.4 Å². The molecular weight excluding hydrogens is 523 g/mol. The van der Waals surface area contributed by atoms with E-state index < -0.39 is 78.1 Å². The summed E-state index contributed by atoms with van der Waals surface area (Å²) in [6.45, 7) is -0.0560. The van der Waals surface area contributed by atoms with Crippen molar-refractivity contribution < 1.29 is 84.5 Å². The standard InChI is InChI=1S/C14H9F17O2/c1-5(6(32)33)4-8(17,18)11(24,25)13(28,29)14(30,31)12(26,27)10(22,23)7(15,16)2-3-9(19,20)21/h4H,2-3H2,1H3,(H,32,33)/p-1. The van der Waals surface area contributed by atoms with Crippen molar-refractivity contribution >= 4 is 5.97 Å². The highest BCUT2D eigenvalue weighted by molar-refractivity contribution is 5.84. The van der Waals surface area contributed by atoms with Gasteiger partial charge >= 0.3 is 47.6 Å². The van der Waals surface area contributed by atoms with Crippen molar-refractivity contribution in [3.05, 3.63) is 11.6 Å². The van der Waals surface area contributed by atoms with E-state index in [1.165, 1.54) is 0 Å². The number of carbonyl (C=O) groups excluding carboxylic acids is 1. The summed E-state index contributed by atoms with van der Waals surface area (Å²) in [5.41, 5.74) is -2.06. The number of alkyl halides is 17. The lowest BCUT2D eigenvalue weighted by atomic mass is 9.88. The van der Waals surface area contributed by atoms with Crippen LogP contribution in [0.25, 0.3) is 0 Å². The summed E-state index contributed by atoms with van der Waals surface area (Å²) < 4.78 is 223. The van der Waals surface area contributed by atoms with Gasteiger partial charge in [-0.05, 0) is 18.6 Å². The number of carbonyl (C=O) groups is 1. The summed E-state index contributed by atoms with van der Waals surface area (Å²) in [4.78, 5) is 10.2. The Morgan fingerprint density at radius 1 is 0.606 bits per heavy atom. The van der Waals surface area contributed by atoms with E-state index in [2.05, 4.69) is 0 Å². The fourth-order valence-corrected chi connectivity index (χ4v) is 1.91. The van der Waals surface area contributed by atoms with Crippen LogP contribution in [-0.2, 0) is 4.79 Å². The minimum absolute atomic E-state index is 0.0560. The third-order valence-electron chi connectivity index (χ3n) is 3.90. The molecule has 0 unspecified atom stereocenters. The fraction of sp³-hybridized carbons (Fsp3) is 0.786. The number of hydrogen-bond acceptors (Lipinski definition) is 2. The molecule has 0 rings (SSSR count). The van der Waals surface area contributed by atoms with Crippen LogP contribution in [0.15, 0.2) is 11.6 Å². The smallest absolute Gasteiger partial charge is 0.389 e. The molecule has 0 aliphatic rings. The van der Waals surface area contributed by atoms with E-state index in [0.29, 0.717) is 0 Å². The number of carboxylic acids is 1. The lowest BCUT2D eigenvalue weighted by Crippen LogP contribution is -2.72. The van der Waals surface area contributed by atoms with E-state index in [9.17, 15) is 84.5 Å². The Balaban J connectivity index is 6.61. The quantitative estimate of drug-likeness (QED) is 0.277. The first-order valence-electron chi connectivity index (χ1n) is 7.66. The third kappa shape index (κ3) is 5.09. The number of hydrogen-bond donors (Lipinski definition) is 0. The van der Waals surface area contributed by atoms with Crippen molar-refractivity contribution in [1.82, 2.24) is 0 Å². The van der Waals surface area contributed by atoms with E-state index in [1.807, 2.05) is 0 Å². The molecule has 0 saturated carbocycles. The largest absolute Gasteiger partial charge is 0.545 e. The molecule has 0 aromatic carbocycles. The van der Waals surface area contributed by atoms with Gasteiger partial charge in [-0.3, -0.25) is 0 Å². The molecule has 0 heterocycles. The summed E-state index contributed by atoms with van der Waals surface area (Å²) in [6.07, 6.45) is -14.0. The van der Waals surface area contributed by atoms with Crippen LogP contribution in [0.4, 0.5) is 74.6 Å². The van der Waals surface area contributed by atoms with Crippen molar-refractivity contribution in [3.8, 4) is 0 Å². The number of halogens is 17. The number of rotatable bonds is 10. The number of aliphatic carboxylic acids is 1. The molecule has 0 aromatic rings. The van der Waals surface area contributed by atoms with Crippen molar-refractivity contribution in [2.75, 3.05) is 0 Å². The van der Waals surface area contributed by atoms with E-state index in [-0.39, 0.29) is 6.92 Å². The van der Waals surface area contributed by atoms with Gasteiger partial charge in [-0.15, -0.1) is 0 Å². The third-order valence-corrected chi connectivity index (χ3v) is 3.90. The van der Waals surface area contributed by atoms with Gasteiger partial charge in [0.1, 0.15) is 0 Å². The van der Waals surface area contributed by atoms with Gasteiger partial charge in [-0.2, -0.15) is 74.6 Å². The minimum atomic E-state index is -8.47. The van der Waals surface area contributed by atoms with Gasteiger partial charge in [0.25, 0.3) is 0 Å². The first-order chi connectivity index (χ1) is 14.0. The number of allylic oxidation sites excluding steroid dienone is 1. The molecule has 19 heteroatoms. The van der Waals surface area contributed by atoms with Gasteiger partial charge in [-0.1, -0.05) is 0 Å². The molecule has 33 heavy (non-hydrogen) atoms. The van der Waals surface area contributed by atoms with Gasteiger partial charge in [0, 0.05) is 12.8 Å². The van der Waals surface area contributed by atoms with Crippen LogP contribution in [0.5, 0.6) is 0 Å². The highest BCUT2D eigenvalue weighted by atomic mass is 19.4. The second kappa shape index (κ2) is 8.35. The molecule has 0 saturated heterocycles. The van der Waals surface area contributed by atoms with Crippen LogP contribution in [0.3, 0.4) is 0 Å². The molecule has 0 fully saturated rings. The second-order valence-electron chi connectivity index (χ2n) is 6.43. The zero-order valence-corrected chi connectivity index (χ0v) is 15.2. The summed E-state index contributed by atoms with van der Waals surface area (Å²) in [7, 11) is 0. The van der Waals surface area contributed by atoms with Gasteiger partial charge < -0.3 is 9.90 Å². The lowest BCUT2D eigenvalue weighted by molar-refractivity contribution is -0.438. The molecule has 0 aliphatic heterocycles. The van der Waals surface area contributed by atoms with E-state index in [0.717, 1.165) is 0 Å². The zero-order chi connectivity index (χ0) is 27.3. The zero-order valence-electron chi connectivity index (χ0n) is 15.2. The molecular formula is C14H8F17O2-. The molecule has 0 spiro atoms. The molecule has 196 valence electrons. The topological polar surface area (TPSA) is 40.1 Å². The lowest BCUT2D eigenvalue weighted by Gasteiger charge is -2.42. The molecule has 2 nitrogen and oxygen atoms in total. The van der Waals surface area contributed by atoms with Crippen LogP contribution < -0.4 is 5.11 Å². The SMILES string of the molecule is CC(=CC(F)(F)C(F)(F)C(F)(F)C(F)(F)C(F)(F)C(F)(F)C(F)(F)CCC(F)(F)F)C(=O)[O-]. The van der Waals surface area contributed by atoms with Crippen molar-refractivity contribution in [2.24, 2.45) is 0 Å². The maximum Gasteiger partial charge on any atom is 0.389 e. The molecule has 0 aromatic heterocycles. The van der Waals surface area contributed by atoms with Crippen LogP contribution in [0.1, 0.15) is 19.8 Å². The summed E-state index contributed by atoms with van der Waals surface area (Å²) >= 11 is 0. The monoisotopic (exact) mass is 531 g/mol. The summed E-state index contributed by atoms with van der Waals surface area (Å²) in [6, 6.07) is 0. The van der Waals surface area contributed by atoms with E-state index in [1.54, 1.807) is 0 Å². The normalized spacial score (nSPS) is 16.2. The van der Waals surface area contributed by atoms with Crippen LogP contribution in [-0.4, -0.2) is 53.6 Å². The Morgan fingerprint density at radius 2 is 0.939 bits per heavy atom. The Morgan fingerprint density at radius 3 is 1.27 bits per heavy atom. The maximum atomic E-state index is 13.5. The molecule has 0 radical (unpaired) electrons. The number of carboxylic acid groups (broad SMARTS) is 1. The van der Waals surface area contributed by atoms with Crippen LogP contribution in [0.2, 0.25) is 0 Å². The Bertz CT molecular complexity index is 762. The fourth-order valence-electron chi connectivity index (χ4n) is 1.91. The molecule has 0 amide bonds. The first-order valence-corrected chi connectivity index (χ1v) is 7.66. The van der Waals surface area contributed by atoms with Crippen molar-refractivity contribution in [1.29, 1.82) is 0 Å². The molecule has 0 N–H and O–H groups in total. The maximum absolute atomic E-state index is 13.5. The van der Waals surface area contributed by atoms with Gasteiger partial charge in [0.15, 0.2) is 0 Å². The van der Waals surface area contributed by atoms with E-state index in [4.69, 9.17) is 0 Å². The minimum Gasteiger partial charge on any atom is -0.545 e. The van der Waals surface area contributed by atoms with Gasteiger partial charge in [0.05, 0.1) is 5.97 Å². The predicted molar refractivity (Wildman–Crippen MR) is 68.7 cm³/mol. The van der Waals surface area contributed by atoms with Crippen LogP contribution in [0, 0.1) is 0 Å². The molecule has 0 bridgehead atoms. The molecule has 0 atom stereocenters. The second-order valence-corrected chi connectivity index (χ2v) is 6.43. The Hall–Kier alpha value is -1.98. The highest BCUT2D eigenvalue weighted by Gasteiger charge is 2.92. The van der Waals surface area contributed by atoms with Gasteiger partial charge in [-0.25, -0.2) is 0 Å².